The van der Waals surface area contributed by atoms with E-state index >= 15 is 0 Å². The van der Waals surface area contributed by atoms with Crippen molar-refractivity contribution in [3.05, 3.63) is 66.1 Å². The first-order valence-electron chi connectivity index (χ1n) is 11.3. The average Bonchev–Trinajstić information content (AvgIpc) is 3.46. The number of piperazine rings is 1. The fourth-order valence-electron chi connectivity index (χ4n) is 4.38. The summed E-state index contributed by atoms with van der Waals surface area (Å²) >= 11 is 0. The van der Waals surface area contributed by atoms with Crippen molar-refractivity contribution in [1.82, 2.24) is 29.2 Å². The summed E-state index contributed by atoms with van der Waals surface area (Å²) in [4.78, 5) is 17.5. The first kappa shape index (κ1) is 22.0. The van der Waals surface area contributed by atoms with E-state index in [2.05, 4.69) is 27.2 Å². The Kier molecular flexibility index (Phi) is 5.93. The van der Waals surface area contributed by atoms with Gasteiger partial charge in [0, 0.05) is 51.5 Å². The van der Waals surface area contributed by atoms with Crippen molar-refractivity contribution in [2.75, 3.05) is 40.4 Å². The summed E-state index contributed by atoms with van der Waals surface area (Å²) in [5.74, 6) is 1.37. The number of aryl methyl sites for hydroxylation is 1. The van der Waals surface area contributed by atoms with Crippen molar-refractivity contribution in [3.63, 3.8) is 0 Å². The van der Waals surface area contributed by atoms with Gasteiger partial charge in [0.25, 0.3) is 5.91 Å². The molecule has 9 nitrogen and oxygen atoms in total. The van der Waals surface area contributed by atoms with Crippen molar-refractivity contribution in [2.45, 2.75) is 6.54 Å². The van der Waals surface area contributed by atoms with Gasteiger partial charge in [0.1, 0.15) is 17.2 Å². The molecule has 0 atom stereocenters. The Bertz CT molecular complexity index is 1290. The first-order chi connectivity index (χ1) is 16.6. The second-order valence-corrected chi connectivity index (χ2v) is 8.38. The summed E-state index contributed by atoms with van der Waals surface area (Å²) in [6.45, 7) is 3.70. The van der Waals surface area contributed by atoms with Gasteiger partial charge in [-0.15, -0.1) is 0 Å². The lowest BCUT2D eigenvalue weighted by atomic mass is 10.1. The average molecular weight is 461 g/mol. The Morgan fingerprint density at radius 1 is 0.971 bits per heavy atom. The minimum absolute atomic E-state index is 0.0181. The zero-order chi connectivity index (χ0) is 23.7. The number of ether oxygens (including phenoxy) is 2. The highest BCUT2D eigenvalue weighted by molar-refractivity contribution is 5.94. The number of nitrogens with zero attached hydrogens (tertiary/aromatic N) is 6. The van der Waals surface area contributed by atoms with Crippen LogP contribution in [0.2, 0.25) is 0 Å². The molecule has 0 radical (unpaired) electrons. The van der Waals surface area contributed by atoms with E-state index in [-0.39, 0.29) is 5.91 Å². The maximum atomic E-state index is 13.3. The molecular weight excluding hydrogens is 432 g/mol. The fraction of sp³-hybridized carbons (Fsp3) is 0.320. The molecule has 1 aliphatic heterocycles. The lowest BCUT2D eigenvalue weighted by Gasteiger charge is -2.34. The molecule has 0 spiro atoms. The third-order valence-corrected chi connectivity index (χ3v) is 6.25. The van der Waals surface area contributed by atoms with E-state index in [9.17, 15) is 4.79 Å². The zero-order valence-corrected chi connectivity index (χ0v) is 19.6. The molecule has 4 heterocycles. The van der Waals surface area contributed by atoms with Gasteiger partial charge >= 0.3 is 0 Å². The number of hydrogen-bond acceptors (Lipinski definition) is 6. The van der Waals surface area contributed by atoms with E-state index in [0.29, 0.717) is 36.0 Å². The smallest absolute Gasteiger partial charge is 0.272 e. The first-order valence-corrected chi connectivity index (χ1v) is 11.3. The quantitative estimate of drug-likeness (QED) is 0.440. The number of benzene rings is 1. The molecule has 5 rings (SSSR count). The number of methoxy groups -OCH3 is 2. The number of hydrogen-bond donors (Lipinski definition) is 0. The van der Waals surface area contributed by atoms with Crippen molar-refractivity contribution >= 4 is 11.4 Å². The van der Waals surface area contributed by atoms with Crippen molar-refractivity contribution in [2.24, 2.45) is 7.05 Å². The summed E-state index contributed by atoms with van der Waals surface area (Å²) < 4.78 is 14.4. The number of pyridine rings is 1. The molecule has 1 aromatic carbocycles. The Balaban J connectivity index is 1.26. The second-order valence-electron chi connectivity index (χ2n) is 8.38. The molecule has 9 heteroatoms. The largest absolute Gasteiger partial charge is 0.497 e. The summed E-state index contributed by atoms with van der Waals surface area (Å²) in [6, 6.07) is 15.5. The molecular formula is C25H28N6O3. The van der Waals surface area contributed by atoms with E-state index in [1.807, 2.05) is 52.0 Å². The molecule has 0 N–H and O–H groups in total. The molecule has 1 amide bonds. The van der Waals surface area contributed by atoms with E-state index in [1.54, 1.807) is 25.9 Å². The molecule has 0 aliphatic carbocycles. The Morgan fingerprint density at radius 2 is 1.79 bits per heavy atom. The molecule has 4 aromatic rings. The predicted molar refractivity (Wildman–Crippen MR) is 128 cm³/mol. The topological polar surface area (TPSA) is 77.1 Å². The maximum Gasteiger partial charge on any atom is 0.272 e. The Labute approximate surface area is 198 Å². The van der Waals surface area contributed by atoms with Crippen LogP contribution in [0.4, 0.5) is 0 Å². The van der Waals surface area contributed by atoms with Crippen LogP contribution < -0.4 is 9.47 Å². The maximum absolute atomic E-state index is 13.3. The minimum Gasteiger partial charge on any atom is -0.497 e. The Morgan fingerprint density at radius 3 is 2.53 bits per heavy atom. The highest BCUT2D eigenvalue weighted by Gasteiger charge is 2.26. The van der Waals surface area contributed by atoms with Gasteiger partial charge in [-0.2, -0.15) is 10.2 Å². The van der Waals surface area contributed by atoms with Gasteiger partial charge in [0.15, 0.2) is 0 Å². The monoisotopic (exact) mass is 460 g/mol. The van der Waals surface area contributed by atoms with Crippen molar-refractivity contribution in [3.8, 4) is 22.8 Å². The molecule has 0 unspecified atom stereocenters. The Hall–Kier alpha value is -3.85. The van der Waals surface area contributed by atoms with E-state index in [4.69, 9.17) is 9.47 Å². The number of carbonyl (C=O) groups excluding carboxylic acids is 1. The lowest BCUT2D eigenvalue weighted by molar-refractivity contribution is 0.0616. The molecule has 1 aliphatic rings. The van der Waals surface area contributed by atoms with Crippen LogP contribution in [0.25, 0.3) is 16.8 Å². The molecule has 0 saturated carbocycles. The van der Waals surface area contributed by atoms with E-state index < -0.39 is 0 Å². The molecule has 34 heavy (non-hydrogen) atoms. The number of aromatic nitrogens is 4. The van der Waals surface area contributed by atoms with E-state index in [1.165, 1.54) is 0 Å². The van der Waals surface area contributed by atoms with Crippen LogP contribution in [0.15, 0.2) is 54.7 Å². The van der Waals surface area contributed by atoms with Gasteiger partial charge in [-0.3, -0.25) is 14.4 Å². The third kappa shape index (κ3) is 4.22. The van der Waals surface area contributed by atoms with Crippen LogP contribution >= 0.6 is 0 Å². The SMILES string of the molecule is COc1ccc(OC)c(-c2cc(C(=O)N3CCN(Cc4cc5ccccn5n4)CC3)n(C)n2)c1. The lowest BCUT2D eigenvalue weighted by Crippen LogP contribution is -2.48. The van der Waals surface area contributed by atoms with Gasteiger partial charge < -0.3 is 14.4 Å². The second kappa shape index (κ2) is 9.18. The normalized spacial score (nSPS) is 14.5. The van der Waals surface area contributed by atoms with Crippen LogP contribution in [0.1, 0.15) is 16.2 Å². The summed E-state index contributed by atoms with van der Waals surface area (Å²) in [5, 5.41) is 9.23. The predicted octanol–water partition coefficient (Wildman–Crippen LogP) is 2.71. The third-order valence-electron chi connectivity index (χ3n) is 6.25. The molecule has 0 bridgehead atoms. The molecule has 1 fully saturated rings. The van der Waals surface area contributed by atoms with Crippen LogP contribution in [-0.2, 0) is 13.6 Å². The van der Waals surface area contributed by atoms with Gasteiger partial charge in [-0.25, -0.2) is 4.52 Å². The molecule has 3 aromatic heterocycles. The highest BCUT2D eigenvalue weighted by atomic mass is 16.5. The van der Waals surface area contributed by atoms with E-state index in [0.717, 1.165) is 36.4 Å². The van der Waals surface area contributed by atoms with Crippen LogP contribution in [0, 0.1) is 0 Å². The van der Waals surface area contributed by atoms with Crippen LogP contribution in [0.5, 0.6) is 11.5 Å². The summed E-state index contributed by atoms with van der Waals surface area (Å²) in [7, 11) is 5.03. The minimum atomic E-state index is -0.0181. The number of fused-ring (bicyclic) bond motifs is 1. The number of carbonyl (C=O) groups is 1. The van der Waals surface area contributed by atoms with Crippen molar-refractivity contribution < 1.29 is 14.3 Å². The van der Waals surface area contributed by atoms with Gasteiger partial charge in [-0.1, -0.05) is 6.07 Å². The summed E-state index contributed by atoms with van der Waals surface area (Å²) in [5.41, 5.74) is 4.13. The molecule has 1 saturated heterocycles. The number of amides is 1. The number of rotatable bonds is 6. The highest BCUT2D eigenvalue weighted by Crippen LogP contribution is 2.33. The van der Waals surface area contributed by atoms with Crippen LogP contribution in [-0.4, -0.2) is 75.5 Å². The van der Waals surface area contributed by atoms with Crippen molar-refractivity contribution in [1.29, 1.82) is 0 Å². The standard InChI is InChI=1S/C25H28N6O3/c1-28-23(16-22(27-28)21-15-20(33-2)7-8-24(21)34-3)25(32)30-12-10-29(11-13-30)17-18-14-19-6-4-5-9-31(19)26-18/h4-9,14-16H,10-13,17H2,1-3H3. The summed E-state index contributed by atoms with van der Waals surface area (Å²) in [6.07, 6.45) is 1.96. The zero-order valence-electron chi connectivity index (χ0n) is 19.6. The van der Waals surface area contributed by atoms with Gasteiger partial charge in [0.05, 0.1) is 31.1 Å². The molecule has 176 valence electrons. The van der Waals surface area contributed by atoms with Gasteiger partial charge in [-0.05, 0) is 42.5 Å². The van der Waals surface area contributed by atoms with Crippen LogP contribution in [0.3, 0.4) is 0 Å². The fourth-order valence-corrected chi connectivity index (χ4v) is 4.38. The van der Waals surface area contributed by atoms with Gasteiger partial charge in [0.2, 0.25) is 0 Å².